The summed E-state index contributed by atoms with van der Waals surface area (Å²) in [5.74, 6) is 0. The highest BCUT2D eigenvalue weighted by molar-refractivity contribution is 5.77. The lowest BCUT2D eigenvalue weighted by molar-refractivity contribution is -0.114. The lowest BCUT2D eigenvalue weighted by Crippen LogP contribution is -2.13. The molecule has 0 amide bonds. The third-order valence-electron chi connectivity index (χ3n) is 3.17. The van der Waals surface area contributed by atoms with E-state index in [0.717, 1.165) is 19.1 Å². The van der Waals surface area contributed by atoms with Gasteiger partial charge in [0.25, 0.3) is 0 Å². The summed E-state index contributed by atoms with van der Waals surface area (Å²) >= 11 is 0. The molecule has 92 valence electrons. The van der Waals surface area contributed by atoms with Gasteiger partial charge in [-0.25, -0.2) is 0 Å². The van der Waals surface area contributed by atoms with E-state index in [1.54, 1.807) is 0 Å². The molecule has 2 heteroatoms. The van der Waals surface area contributed by atoms with Gasteiger partial charge in [0.2, 0.25) is 0 Å². The summed E-state index contributed by atoms with van der Waals surface area (Å²) in [7, 11) is 1.50. The first kappa shape index (κ1) is 13.7. The molecule has 1 aromatic rings. The maximum absolute atomic E-state index is 11.0. The van der Waals surface area contributed by atoms with E-state index in [0.29, 0.717) is 0 Å². The van der Waals surface area contributed by atoms with Gasteiger partial charge in [-0.2, -0.15) is 0 Å². The Morgan fingerprint density at radius 3 is 2.24 bits per heavy atom. The van der Waals surface area contributed by atoms with Gasteiger partial charge >= 0.3 is 0 Å². The molecule has 0 spiro atoms. The van der Waals surface area contributed by atoms with Crippen molar-refractivity contribution in [2.24, 2.45) is 11.1 Å². The first-order valence-electron chi connectivity index (χ1n) is 5.93. The van der Waals surface area contributed by atoms with Crippen molar-refractivity contribution in [2.45, 2.75) is 26.7 Å². The second-order valence-corrected chi connectivity index (χ2v) is 4.75. The number of hydrogen-bond donors (Lipinski definition) is 1. The average Bonchev–Trinajstić information content (AvgIpc) is 2.69. The van der Waals surface area contributed by atoms with Gasteiger partial charge < -0.3 is 10.5 Å². The third kappa shape index (κ3) is 3.04. The van der Waals surface area contributed by atoms with E-state index in [-0.39, 0.29) is 5.41 Å². The summed E-state index contributed by atoms with van der Waals surface area (Å²) < 4.78 is 0. The number of aldehydes is 1. The standard InChI is InChI=1S/C14H16O.CH5N/c1-11-8-14(2,10-15)9-13(11)12-6-4-3-5-7-12;1-2/h3-7,10H,8-9H2,1-2H3;2H2,1H3. The van der Waals surface area contributed by atoms with E-state index in [2.05, 4.69) is 24.8 Å². The van der Waals surface area contributed by atoms with Gasteiger partial charge in [-0.05, 0) is 37.9 Å². The second kappa shape index (κ2) is 5.78. The molecule has 1 unspecified atom stereocenters. The van der Waals surface area contributed by atoms with Crippen molar-refractivity contribution in [3.05, 3.63) is 41.5 Å². The molecular formula is C15H21NO. The highest BCUT2D eigenvalue weighted by Crippen LogP contribution is 2.44. The molecule has 1 aliphatic carbocycles. The van der Waals surface area contributed by atoms with Crippen LogP contribution in [0.25, 0.3) is 5.57 Å². The van der Waals surface area contributed by atoms with Crippen LogP contribution in [0.2, 0.25) is 0 Å². The molecule has 2 rings (SSSR count). The predicted octanol–water partition coefficient (Wildman–Crippen LogP) is 3.03. The fourth-order valence-corrected chi connectivity index (χ4v) is 2.40. The Bertz CT molecular complexity index is 408. The van der Waals surface area contributed by atoms with E-state index in [1.165, 1.54) is 23.8 Å². The number of hydrogen-bond acceptors (Lipinski definition) is 2. The molecule has 1 aromatic carbocycles. The Morgan fingerprint density at radius 2 is 1.76 bits per heavy atom. The Morgan fingerprint density at radius 1 is 1.18 bits per heavy atom. The van der Waals surface area contributed by atoms with Crippen molar-refractivity contribution >= 4 is 11.9 Å². The smallest absolute Gasteiger partial charge is 0.126 e. The predicted molar refractivity (Wildman–Crippen MR) is 72.6 cm³/mol. The van der Waals surface area contributed by atoms with Crippen molar-refractivity contribution in [3.8, 4) is 0 Å². The van der Waals surface area contributed by atoms with Crippen LogP contribution >= 0.6 is 0 Å². The SMILES string of the molecule is CC1=C(c2ccccc2)CC(C)(C=O)C1.CN. The molecule has 0 aromatic heterocycles. The molecule has 1 atom stereocenters. The Balaban J connectivity index is 0.000000686. The normalized spacial score (nSPS) is 23.1. The molecular weight excluding hydrogens is 210 g/mol. The number of nitrogens with two attached hydrogens (primary N) is 1. The molecule has 2 nitrogen and oxygen atoms in total. The summed E-state index contributed by atoms with van der Waals surface area (Å²) in [6, 6.07) is 10.4. The largest absolute Gasteiger partial charge is 0.333 e. The second-order valence-electron chi connectivity index (χ2n) is 4.75. The Labute approximate surface area is 104 Å². The number of allylic oxidation sites excluding steroid dienone is 2. The fourth-order valence-electron chi connectivity index (χ4n) is 2.40. The number of rotatable bonds is 2. The molecule has 1 aliphatic rings. The van der Waals surface area contributed by atoms with Crippen LogP contribution in [0.1, 0.15) is 32.3 Å². The molecule has 0 aliphatic heterocycles. The van der Waals surface area contributed by atoms with Crippen molar-refractivity contribution in [1.29, 1.82) is 0 Å². The zero-order chi connectivity index (χ0) is 12.9. The lowest BCUT2D eigenvalue weighted by Gasteiger charge is -2.15. The van der Waals surface area contributed by atoms with E-state index in [9.17, 15) is 4.79 Å². The topological polar surface area (TPSA) is 43.1 Å². The minimum atomic E-state index is -0.171. The summed E-state index contributed by atoms with van der Waals surface area (Å²) in [5.41, 5.74) is 8.30. The minimum Gasteiger partial charge on any atom is -0.333 e. The van der Waals surface area contributed by atoms with Crippen LogP contribution < -0.4 is 5.73 Å². The molecule has 0 radical (unpaired) electrons. The van der Waals surface area contributed by atoms with Gasteiger partial charge in [-0.1, -0.05) is 42.8 Å². The third-order valence-corrected chi connectivity index (χ3v) is 3.17. The van der Waals surface area contributed by atoms with Crippen LogP contribution in [0.5, 0.6) is 0 Å². The molecule has 0 saturated carbocycles. The highest BCUT2D eigenvalue weighted by atomic mass is 16.1. The summed E-state index contributed by atoms with van der Waals surface area (Å²) in [6.07, 6.45) is 2.89. The Hall–Kier alpha value is -1.41. The van der Waals surface area contributed by atoms with Gasteiger partial charge in [-0.15, -0.1) is 0 Å². The fraction of sp³-hybridized carbons (Fsp3) is 0.400. The maximum Gasteiger partial charge on any atom is 0.126 e. The van der Waals surface area contributed by atoms with Crippen LogP contribution in [-0.2, 0) is 4.79 Å². The van der Waals surface area contributed by atoms with E-state index >= 15 is 0 Å². The van der Waals surface area contributed by atoms with E-state index < -0.39 is 0 Å². The molecule has 0 fully saturated rings. The highest BCUT2D eigenvalue weighted by Gasteiger charge is 2.32. The molecule has 0 heterocycles. The first-order valence-corrected chi connectivity index (χ1v) is 5.93. The van der Waals surface area contributed by atoms with Crippen LogP contribution in [0.15, 0.2) is 35.9 Å². The van der Waals surface area contributed by atoms with Crippen molar-refractivity contribution < 1.29 is 4.79 Å². The molecule has 2 N–H and O–H groups in total. The molecule has 0 saturated heterocycles. The summed E-state index contributed by atoms with van der Waals surface area (Å²) in [4.78, 5) is 11.0. The minimum absolute atomic E-state index is 0.171. The number of carbonyl (C=O) groups excluding carboxylic acids is 1. The van der Waals surface area contributed by atoms with Crippen molar-refractivity contribution in [1.82, 2.24) is 0 Å². The van der Waals surface area contributed by atoms with Gasteiger partial charge in [0.05, 0.1) is 0 Å². The lowest BCUT2D eigenvalue weighted by atomic mass is 9.87. The average molecular weight is 231 g/mol. The van der Waals surface area contributed by atoms with Crippen molar-refractivity contribution in [2.75, 3.05) is 7.05 Å². The van der Waals surface area contributed by atoms with Crippen LogP contribution in [0.3, 0.4) is 0 Å². The Kier molecular flexibility index (Phi) is 4.64. The van der Waals surface area contributed by atoms with E-state index in [1.807, 2.05) is 25.1 Å². The first-order chi connectivity index (χ1) is 8.14. The number of benzene rings is 1. The van der Waals surface area contributed by atoms with Gasteiger partial charge in [0, 0.05) is 5.41 Å². The van der Waals surface area contributed by atoms with Crippen LogP contribution in [-0.4, -0.2) is 13.3 Å². The molecule has 17 heavy (non-hydrogen) atoms. The zero-order valence-electron chi connectivity index (χ0n) is 10.9. The summed E-state index contributed by atoms with van der Waals surface area (Å²) in [5, 5.41) is 0. The monoisotopic (exact) mass is 231 g/mol. The van der Waals surface area contributed by atoms with Crippen molar-refractivity contribution in [3.63, 3.8) is 0 Å². The van der Waals surface area contributed by atoms with Crippen LogP contribution in [0, 0.1) is 5.41 Å². The quantitative estimate of drug-likeness (QED) is 0.795. The summed E-state index contributed by atoms with van der Waals surface area (Å²) in [6.45, 7) is 4.18. The van der Waals surface area contributed by atoms with Gasteiger partial charge in [0.15, 0.2) is 0 Å². The maximum atomic E-state index is 11.0. The molecule has 0 bridgehead atoms. The number of carbonyl (C=O) groups is 1. The van der Waals surface area contributed by atoms with Gasteiger partial charge in [-0.3, -0.25) is 0 Å². The van der Waals surface area contributed by atoms with Gasteiger partial charge in [0.1, 0.15) is 6.29 Å². The van der Waals surface area contributed by atoms with Crippen LogP contribution in [0.4, 0.5) is 0 Å². The van der Waals surface area contributed by atoms with E-state index in [4.69, 9.17) is 0 Å². The zero-order valence-corrected chi connectivity index (χ0v) is 10.9.